The normalized spacial score (nSPS) is 15.6. The van der Waals surface area contributed by atoms with Crippen LogP contribution in [0.3, 0.4) is 0 Å². The lowest BCUT2D eigenvalue weighted by atomic mass is 10.1. The Morgan fingerprint density at radius 1 is 1.28 bits per heavy atom. The number of methoxy groups -OCH3 is 1. The van der Waals surface area contributed by atoms with Crippen LogP contribution in [0.15, 0.2) is 48.8 Å². The molecular weight excluding hydrogens is 380 g/mol. The highest BCUT2D eigenvalue weighted by atomic mass is 19.1. The van der Waals surface area contributed by atoms with Gasteiger partial charge in [-0.3, -0.25) is 4.79 Å². The molecule has 4 rings (SSSR count). The minimum atomic E-state index is -0.706. The Hall–Kier alpha value is -3.26. The Bertz CT molecular complexity index is 1030. The number of carbonyl (C=O) groups is 1. The maximum Gasteiger partial charge on any atom is 0.272 e. The van der Waals surface area contributed by atoms with Gasteiger partial charge in [0, 0.05) is 18.2 Å². The van der Waals surface area contributed by atoms with E-state index in [2.05, 4.69) is 10.3 Å². The van der Waals surface area contributed by atoms with Crippen LogP contribution in [-0.2, 0) is 24.4 Å². The summed E-state index contributed by atoms with van der Waals surface area (Å²) in [4.78, 5) is 16.7. The Morgan fingerprint density at radius 2 is 2.07 bits per heavy atom. The fourth-order valence-electron chi connectivity index (χ4n) is 3.26. The molecule has 2 aromatic carbocycles. The van der Waals surface area contributed by atoms with Crippen LogP contribution in [0.1, 0.15) is 33.4 Å². The molecule has 2 heterocycles. The molecule has 1 N–H and O–H groups in total. The Balaban J connectivity index is 1.43. The zero-order chi connectivity index (χ0) is 20.4. The average molecular weight is 399 g/mol. The number of amides is 1. The predicted molar refractivity (Wildman–Crippen MR) is 100 cm³/mol. The summed E-state index contributed by atoms with van der Waals surface area (Å²) in [5.41, 5.74) is 2.10. The molecule has 0 unspecified atom stereocenters. The molecule has 1 atom stereocenters. The number of nitrogens with zero attached hydrogens (tertiary/aromatic N) is 2. The number of ether oxygens (including phenoxy) is 2. The summed E-state index contributed by atoms with van der Waals surface area (Å²) in [6.45, 7) is 0.686. The fraction of sp³-hybridized carbons (Fsp3) is 0.238. The number of hydrogen-bond acceptors (Lipinski definition) is 4. The van der Waals surface area contributed by atoms with Crippen LogP contribution < -0.4 is 10.1 Å². The fourth-order valence-corrected chi connectivity index (χ4v) is 3.26. The van der Waals surface area contributed by atoms with Crippen LogP contribution in [0.2, 0.25) is 0 Å². The van der Waals surface area contributed by atoms with Crippen LogP contribution >= 0.6 is 0 Å². The topological polar surface area (TPSA) is 65.4 Å². The van der Waals surface area contributed by atoms with Crippen molar-refractivity contribution in [1.82, 2.24) is 14.9 Å². The van der Waals surface area contributed by atoms with E-state index in [0.29, 0.717) is 12.2 Å². The summed E-state index contributed by atoms with van der Waals surface area (Å²) in [6, 6.07) is 10.9. The van der Waals surface area contributed by atoms with E-state index in [0.717, 1.165) is 23.4 Å². The number of aromatic nitrogens is 2. The number of nitrogens with one attached hydrogen (secondary N) is 1. The average Bonchev–Trinajstić information content (AvgIpc) is 3.16. The van der Waals surface area contributed by atoms with E-state index in [-0.39, 0.29) is 30.5 Å². The van der Waals surface area contributed by atoms with Gasteiger partial charge < -0.3 is 19.4 Å². The monoisotopic (exact) mass is 399 g/mol. The van der Waals surface area contributed by atoms with E-state index in [1.165, 1.54) is 6.07 Å². The van der Waals surface area contributed by atoms with Crippen LogP contribution in [0.4, 0.5) is 8.78 Å². The molecule has 150 valence electrons. The molecule has 3 aromatic rings. The molecule has 0 saturated heterocycles. The summed E-state index contributed by atoms with van der Waals surface area (Å²) in [5, 5.41) is 2.62. The number of benzene rings is 2. The Labute approximate surface area is 166 Å². The van der Waals surface area contributed by atoms with Crippen molar-refractivity contribution >= 4 is 5.91 Å². The van der Waals surface area contributed by atoms with Gasteiger partial charge in [-0.1, -0.05) is 18.2 Å². The molecule has 8 heteroatoms. The van der Waals surface area contributed by atoms with Gasteiger partial charge in [-0.25, -0.2) is 13.8 Å². The van der Waals surface area contributed by atoms with E-state index in [1.807, 2.05) is 28.8 Å². The van der Waals surface area contributed by atoms with E-state index in [9.17, 15) is 13.6 Å². The molecular formula is C21H19F2N3O3. The van der Waals surface area contributed by atoms with Gasteiger partial charge in [0.25, 0.3) is 5.91 Å². The SMILES string of the molecule is COc1ccc([C@H]2Cn3cnc(C(=O)NCc4ccc(F)cc4F)c3CO2)cc1. The van der Waals surface area contributed by atoms with E-state index >= 15 is 0 Å². The third kappa shape index (κ3) is 3.97. The maximum atomic E-state index is 13.7. The molecule has 1 aliphatic heterocycles. The van der Waals surface area contributed by atoms with Crippen molar-refractivity contribution < 1.29 is 23.0 Å². The van der Waals surface area contributed by atoms with Crippen molar-refractivity contribution in [3.63, 3.8) is 0 Å². The van der Waals surface area contributed by atoms with Crippen molar-refractivity contribution in [2.75, 3.05) is 7.11 Å². The van der Waals surface area contributed by atoms with Gasteiger partial charge >= 0.3 is 0 Å². The minimum Gasteiger partial charge on any atom is -0.497 e. The largest absolute Gasteiger partial charge is 0.497 e. The van der Waals surface area contributed by atoms with Gasteiger partial charge in [0.15, 0.2) is 5.69 Å². The molecule has 1 amide bonds. The summed E-state index contributed by atoms with van der Waals surface area (Å²) in [5.74, 6) is -1.04. The van der Waals surface area contributed by atoms with Crippen molar-refractivity contribution in [2.45, 2.75) is 25.8 Å². The zero-order valence-electron chi connectivity index (χ0n) is 15.7. The second-order valence-electron chi connectivity index (χ2n) is 6.68. The molecule has 0 radical (unpaired) electrons. The van der Waals surface area contributed by atoms with Crippen LogP contribution in [0.25, 0.3) is 0 Å². The first-order valence-corrected chi connectivity index (χ1v) is 9.07. The summed E-state index contributed by atoms with van der Waals surface area (Å²) >= 11 is 0. The summed E-state index contributed by atoms with van der Waals surface area (Å²) in [6.07, 6.45) is 1.44. The second kappa shape index (κ2) is 8.00. The maximum absolute atomic E-state index is 13.7. The van der Waals surface area contributed by atoms with Gasteiger partial charge in [0.05, 0.1) is 32.3 Å². The quantitative estimate of drug-likeness (QED) is 0.715. The molecule has 1 aromatic heterocycles. The van der Waals surface area contributed by atoms with Gasteiger partial charge in [-0.15, -0.1) is 0 Å². The zero-order valence-corrected chi connectivity index (χ0v) is 15.7. The Kier molecular flexibility index (Phi) is 5.26. The lowest BCUT2D eigenvalue weighted by Crippen LogP contribution is -2.27. The van der Waals surface area contributed by atoms with E-state index < -0.39 is 17.5 Å². The van der Waals surface area contributed by atoms with Gasteiger partial charge in [0.1, 0.15) is 23.5 Å². The van der Waals surface area contributed by atoms with Gasteiger partial charge in [-0.05, 0) is 23.8 Å². The number of imidazole rings is 1. The first kappa shape index (κ1) is 19.1. The number of fused-ring (bicyclic) bond motifs is 1. The van der Waals surface area contributed by atoms with Crippen LogP contribution in [-0.4, -0.2) is 22.6 Å². The van der Waals surface area contributed by atoms with Crippen LogP contribution in [0, 0.1) is 11.6 Å². The van der Waals surface area contributed by atoms with Crippen molar-refractivity contribution in [3.05, 3.63) is 82.9 Å². The highest BCUT2D eigenvalue weighted by Gasteiger charge is 2.26. The molecule has 6 nitrogen and oxygen atoms in total. The lowest BCUT2D eigenvalue weighted by molar-refractivity contribution is 0.00255. The molecule has 0 aliphatic carbocycles. The third-order valence-electron chi connectivity index (χ3n) is 4.89. The molecule has 0 saturated carbocycles. The minimum absolute atomic E-state index is 0.0629. The molecule has 0 fully saturated rings. The summed E-state index contributed by atoms with van der Waals surface area (Å²) in [7, 11) is 1.61. The van der Waals surface area contributed by atoms with E-state index in [1.54, 1.807) is 13.4 Å². The molecule has 0 spiro atoms. The highest BCUT2D eigenvalue weighted by molar-refractivity contribution is 5.93. The van der Waals surface area contributed by atoms with Crippen LogP contribution in [0.5, 0.6) is 5.75 Å². The molecule has 0 bridgehead atoms. The van der Waals surface area contributed by atoms with Gasteiger partial charge in [-0.2, -0.15) is 0 Å². The van der Waals surface area contributed by atoms with Gasteiger partial charge in [0.2, 0.25) is 0 Å². The molecule has 29 heavy (non-hydrogen) atoms. The number of rotatable bonds is 5. The predicted octanol–water partition coefficient (Wildman–Crippen LogP) is 3.37. The Morgan fingerprint density at radius 3 is 2.79 bits per heavy atom. The van der Waals surface area contributed by atoms with Crippen molar-refractivity contribution in [1.29, 1.82) is 0 Å². The van der Waals surface area contributed by atoms with Crippen molar-refractivity contribution in [2.24, 2.45) is 0 Å². The van der Waals surface area contributed by atoms with E-state index in [4.69, 9.17) is 9.47 Å². The standard InChI is InChI=1S/C21H19F2N3O3/c1-28-16-6-3-13(4-7-16)19-10-26-12-25-20(18(26)11-29-19)21(27)24-9-14-2-5-15(22)8-17(14)23/h2-8,12,19H,9-11H2,1H3,(H,24,27)/t19-/m1/s1. The smallest absolute Gasteiger partial charge is 0.272 e. The molecule has 1 aliphatic rings. The number of halogens is 2. The first-order chi connectivity index (χ1) is 14.0. The number of carbonyl (C=O) groups excluding carboxylic acids is 1. The third-order valence-corrected chi connectivity index (χ3v) is 4.89. The second-order valence-corrected chi connectivity index (χ2v) is 6.68. The lowest BCUT2D eigenvalue weighted by Gasteiger charge is -2.25. The van der Waals surface area contributed by atoms with Crippen molar-refractivity contribution in [3.8, 4) is 5.75 Å². The summed E-state index contributed by atoms with van der Waals surface area (Å²) < 4.78 is 39.7. The number of hydrogen-bond donors (Lipinski definition) is 1. The first-order valence-electron chi connectivity index (χ1n) is 9.07. The highest BCUT2D eigenvalue weighted by Crippen LogP contribution is 2.28.